The molecule has 0 radical (unpaired) electrons. The number of carboxylic acid groups (broad SMARTS) is 1. The van der Waals surface area contributed by atoms with Crippen molar-refractivity contribution in [3.05, 3.63) is 100 Å². The summed E-state index contributed by atoms with van der Waals surface area (Å²) in [5.74, 6) is -0.753. The number of benzene rings is 3. The first-order chi connectivity index (χ1) is 16.7. The Morgan fingerprint density at radius 1 is 1.03 bits per heavy atom. The van der Waals surface area contributed by atoms with E-state index in [1.807, 2.05) is 53.4 Å². The molecular weight excluding hydrogens is 479 g/mol. The van der Waals surface area contributed by atoms with Crippen molar-refractivity contribution in [1.29, 1.82) is 0 Å². The van der Waals surface area contributed by atoms with Crippen LogP contribution in [0.25, 0.3) is 0 Å². The highest BCUT2D eigenvalue weighted by Gasteiger charge is 2.36. The van der Waals surface area contributed by atoms with Crippen LogP contribution in [0.3, 0.4) is 0 Å². The number of halogens is 4. The molecule has 1 aliphatic rings. The third-order valence-corrected chi connectivity index (χ3v) is 6.64. The minimum atomic E-state index is -4.60. The van der Waals surface area contributed by atoms with E-state index in [9.17, 15) is 23.1 Å². The van der Waals surface area contributed by atoms with E-state index in [1.54, 1.807) is 12.1 Å². The van der Waals surface area contributed by atoms with E-state index in [-0.39, 0.29) is 5.02 Å². The average molecular weight is 504 g/mol. The summed E-state index contributed by atoms with van der Waals surface area (Å²) in [5, 5.41) is 9.03. The summed E-state index contributed by atoms with van der Waals surface area (Å²) in [6, 6.07) is 20.3. The van der Waals surface area contributed by atoms with Crippen LogP contribution in [0.1, 0.15) is 41.1 Å². The fraction of sp³-hybridized carbons (Fsp3) is 0.296. The Morgan fingerprint density at radius 3 is 2.34 bits per heavy atom. The maximum atomic E-state index is 13.7. The van der Waals surface area contributed by atoms with Gasteiger partial charge in [-0.1, -0.05) is 66.2 Å². The van der Waals surface area contributed by atoms with Gasteiger partial charge in [-0.25, -0.2) is 0 Å². The Balaban J connectivity index is 1.73. The molecule has 0 amide bonds. The first-order valence-electron chi connectivity index (χ1n) is 11.3. The first kappa shape index (κ1) is 25.1. The SMILES string of the molecule is O=C(O)C1CCN(C(c2ccc(Cl)c(C(F)(F)F)c2)c2ccccc2OCc2ccccc2)CC1. The van der Waals surface area contributed by atoms with E-state index < -0.39 is 29.7 Å². The normalized spacial score (nSPS) is 16.1. The largest absolute Gasteiger partial charge is 0.489 e. The molecule has 1 heterocycles. The molecule has 1 fully saturated rings. The van der Waals surface area contributed by atoms with E-state index in [2.05, 4.69) is 0 Å². The summed E-state index contributed by atoms with van der Waals surface area (Å²) in [7, 11) is 0. The van der Waals surface area contributed by atoms with Crippen LogP contribution in [0.5, 0.6) is 5.75 Å². The number of likely N-dealkylation sites (tertiary alicyclic amines) is 1. The van der Waals surface area contributed by atoms with Crippen molar-refractivity contribution >= 4 is 17.6 Å². The molecule has 3 aromatic rings. The second kappa shape index (κ2) is 10.7. The van der Waals surface area contributed by atoms with Crippen LogP contribution in [-0.4, -0.2) is 29.1 Å². The number of piperidine rings is 1. The molecule has 0 aromatic heterocycles. The predicted octanol–water partition coefficient (Wildman–Crippen LogP) is 6.82. The summed E-state index contributed by atoms with van der Waals surface area (Å²) < 4.78 is 47.2. The van der Waals surface area contributed by atoms with Crippen molar-refractivity contribution in [3.63, 3.8) is 0 Å². The quantitative estimate of drug-likeness (QED) is 0.384. The summed E-state index contributed by atoms with van der Waals surface area (Å²) in [5.41, 5.74) is 1.20. The van der Waals surface area contributed by atoms with Crippen molar-refractivity contribution in [2.45, 2.75) is 31.7 Å². The molecule has 1 saturated heterocycles. The van der Waals surface area contributed by atoms with E-state index in [0.29, 0.717) is 49.4 Å². The molecule has 35 heavy (non-hydrogen) atoms. The number of alkyl halides is 3. The molecule has 1 N–H and O–H groups in total. The smallest absolute Gasteiger partial charge is 0.417 e. The molecule has 0 bridgehead atoms. The number of hydrogen-bond donors (Lipinski definition) is 1. The van der Waals surface area contributed by atoms with Crippen LogP contribution in [0.4, 0.5) is 13.2 Å². The fourth-order valence-electron chi connectivity index (χ4n) is 4.50. The number of hydrogen-bond acceptors (Lipinski definition) is 3. The second-order valence-electron chi connectivity index (χ2n) is 8.60. The molecular formula is C27H25ClF3NO3. The van der Waals surface area contributed by atoms with Gasteiger partial charge in [0.1, 0.15) is 12.4 Å². The molecule has 1 unspecified atom stereocenters. The van der Waals surface area contributed by atoms with E-state index in [1.165, 1.54) is 6.07 Å². The minimum Gasteiger partial charge on any atom is -0.489 e. The molecule has 4 rings (SSSR count). The van der Waals surface area contributed by atoms with Crippen LogP contribution in [0, 0.1) is 5.92 Å². The van der Waals surface area contributed by atoms with Gasteiger partial charge < -0.3 is 9.84 Å². The van der Waals surface area contributed by atoms with E-state index in [4.69, 9.17) is 16.3 Å². The molecule has 8 heteroatoms. The Labute approximate surface area is 206 Å². The number of aliphatic carboxylic acids is 1. The molecule has 184 valence electrons. The monoisotopic (exact) mass is 503 g/mol. The second-order valence-corrected chi connectivity index (χ2v) is 9.01. The Morgan fingerprint density at radius 2 is 1.69 bits per heavy atom. The lowest BCUT2D eigenvalue weighted by Gasteiger charge is -2.38. The van der Waals surface area contributed by atoms with Gasteiger partial charge in [0.2, 0.25) is 0 Å². The lowest BCUT2D eigenvalue weighted by molar-refractivity contribution is -0.143. The summed E-state index contributed by atoms with van der Waals surface area (Å²) in [6.45, 7) is 1.16. The van der Waals surface area contributed by atoms with Gasteiger partial charge in [0.05, 0.1) is 22.5 Å². The van der Waals surface area contributed by atoms with Gasteiger partial charge >= 0.3 is 12.1 Å². The van der Waals surface area contributed by atoms with Gasteiger partial charge in [-0.05, 0) is 55.3 Å². The molecule has 0 saturated carbocycles. The summed E-state index contributed by atoms with van der Waals surface area (Å²) in [4.78, 5) is 13.5. The highest BCUT2D eigenvalue weighted by molar-refractivity contribution is 6.31. The molecule has 1 atom stereocenters. The minimum absolute atomic E-state index is 0.306. The Bertz CT molecular complexity index is 1160. The topological polar surface area (TPSA) is 49.8 Å². The predicted molar refractivity (Wildman–Crippen MR) is 127 cm³/mol. The first-order valence-corrected chi connectivity index (χ1v) is 11.7. The maximum absolute atomic E-state index is 13.7. The number of ether oxygens (including phenoxy) is 1. The Kier molecular flexibility index (Phi) is 7.67. The Hall–Kier alpha value is -3.03. The third kappa shape index (κ3) is 5.97. The lowest BCUT2D eigenvalue weighted by atomic mass is 9.90. The highest BCUT2D eigenvalue weighted by atomic mass is 35.5. The van der Waals surface area contributed by atoms with Crippen molar-refractivity contribution in [2.75, 3.05) is 13.1 Å². The zero-order valence-corrected chi connectivity index (χ0v) is 19.6. The average Bonchev–Trinajstić information content (AvgIpc) is 2.85. The van der Waals surface area contributed by atoms with Crippen molar-refractivity contribution in [2.24, 2.45) is 5.92 Å². The number of nitrogens with zero attached hydrogens (tertiary/aromatic N) is 1. The summed E-state index contributed by atoms with van der Waals surface area (Å²) >= 11 is 5.90. The molecule has 1 aliphatic heterocycles. The van der Waals surface area contributed by atoms with Gasteiger partial charge in [0.15, 0.2) is 0 Å². The van der Waals surface area contributed by atoms with Crippen LogP contribution < -0.4 is 4.74 Å². The molecule has 0 aliphatic carbocycles. The van der Waals surface area contributed by atoms with Crippen molar-refractivity contribution < 1.29 is 27.8 Å². The zero-order chi connectivity index (χ0) is 25.0. The highest BCUT2D eigenvalue weighted by Crippen LogP contribution is 2.41. The lowest BCUT2D eigenvalue weighted by Crippen LogP contribution is -2.39. The zero-order valence-electron chi connectivity index (χ0n) is 18.8. The number of carbonyl (C=O) groups is 1. The maximum Gasteiger partial charge on any atom is 0.417 e. The van der Waals surface area contributed by atoms with Crippen LogP contribution >= 0.6 is 11.6 Å². The number of para-hydroxylation sites is 1. The van der Waals surface area contributed by atoms with Gasteiger partial charge in [0.25, 0.3) is 0 Å². The van der Waals surface area contributed by atoms with Crippen LogP contribution in [0.15, 0.2) is 72.8 Å². The van der Waals surface area contributed by atoms with Gasteiger partial charge in [-0.2, -0.15) is 13.2 Å². The molecule has 3 aromatic carbocycles. The van der Waals surface area contributed by atoms with Crippen LogP contribution in [-0.2, 0) is 17.6 Å². The number of rotatable bonds is 7. The number of carboxylic acids is 1. The van der Waals surface area contributed by atoms with Crippen molar-refractivity contribution in [3.8, 4) is 5.75 Å². The fourth-order valence-corrected chi connectivity index (χ4v) is 4.72. The van der Waals surface area contributed by atoms with Gasteiger partial charge in [0, 0.05) is 5.56 Å². The van der Waals surface area contributed by atoms with Gasteiger partial charge in [-0.3, -0.25) is 9.69 Å². The summed E-state index contributed by atoms with van der Waals surface area (Å²) in [6.07, 6.45) is -3.77. The van der Waals surface area contributed by atoms with E-state index in [0.717, 1.165) is 11.6 Å². The van der Waals surface area contributed by atoms with Crippen LogP contribution in [0.2, 0.25) is 5.02 Å². The van der Waals surface area contributed by atoms with E-state index >= 15 is 0 Å². The third-order valence-electron chi connectivity index (χ3n) is 6.31. The molecule has 4 nitrogen and oxygen atoms in total. The molecule has 0 spiro atoms. The standard InChI is InChI=1S/C27H25ClF3NO3/c28-23-11-10-20(16-22(23)27(29,30)31)25(32-14-12-19(13-15-32)26(33)34)21-8-4-5-9-24(21)35-17-18-6-2-1-3-7-18/h1-11,16,19,25H,12-15,17H2,(H,33,34). The van der Waals surface area contributed by atoms with Gasteiger partial charge in [-0.15, -0.1) is 0 Å². The van der Waals surface area contributed by atoms with Crippen molar-refractivity contribution in [1.82, 2.24) is 4.90 Å².